The molecule has 0 saturated heterocycles. The van der Waals surface area contributed by atoms with Gasteiger partial charge >= 0.3 is 0 Å². The first-order chi connectivity index (χ1) is 6.74. The highest BCUT2D eigenvalue weighted by Gasteiger charge is 2.06. The molecule has 0 unspecified atom stereocenters. The normalized spacial score (nSPS) is 11.0. The smallest absolute Gasteiger partial charge is 0.181 e. The summed E-state index contributed by atoms with van der Waals surface area (Å²) in [5.41, 5.74) is 7.75. The maximum atomic E-state index is 9.06. The Morgan fingerprint density at radius 1 is 1.21 bits per heavy atom. The predicted octanol–water partition coefficient (Wildman–Crippen LogP) is 0.863. The lowest BCUT2D eigenvalue weighted by atomic mass is 10.1. The number of fused-ring (bicyclic) bond motifs is 1. The zero-order chi connectivity index (χ0) is 10.1. The van der Waals surface area contributed by atoms with Crippen LogP contribution >= 0.6 is 11.3 Å². The average Bonchev–Trinajstić information content (AvgIpc) is 2.54. The Bertz CT molecular complexity index is 426. The molecule has 4 nitrogen and oxygen atoms in total. The lowest BCUT2D eigenvalue weighted by Crippen LogP contribution is -1.93. The molecule has 0 radical (unpaired) electrons. The third kappa shape index (κ3) is 1.45. The van der Waals surface area contributed by atoms with E-state index in [9.17, 15) is 0 Å². The van der Waals surface area contributed by atoms with Gasteiger partial charge in [0, 0.05) is 0 Å². The number of anilines is 1. The van der Waals surface area contributed by atoms with Crippen LogP contribution in [-0.4, -0.2) is 15.2 Å². The van der Waals surface area contributed by atoms with E-state index in [1.807, 2.05) is 6.07 Å². The zero-order valence-electron chi connectivity index (χ0n) is 7.40. The Kier molecular flexibility index (Phi) is 2.37. The minimum atomic E-state index is -0.0940. The number of nitrogens with two attached hydrogens (primary N) is 1. The molecule has 0 aliphatic heterocycles. The molecule has 14 heavy (non-hydrogen) atoms. The molecule has 1 aromatic carbocycles. The average molecular weight is 210 g/mol. The number of rotatable bonds is 2. The van der Waals surface area contributed by atoms with Crippen LogP contribution in [0, 0.1) is 0 Å². The molecule has 2 rings (SSSR count). The van der Waals surface area contributed by atoms with Crippen LogP contribution in [-0.2, 0) is 13.2 Å². The van der Waals surface area contributed by atoms with E-state index in [0.717, 1.165) is 15.8 Å². The van der Waals surface area contributed by atoms with E-state index in [-0.39, 0.29) is 13.2 Å². The van der Waals surface area contributed by atoms with Crippen LogP contribution in [0.25, 0.3) is 10.2 Å². The summed E-state index contributed by atoms with van der Waals surface area (Å²) < 4.78 is 0.934. The standard InChI is InChI=1S/C9H10N2O2S/c10-9-11-7-1-5(3-12)6(4-13)2-8(7)14-9/h1-2,12-13H,3-4H2,(H2,10,11). The van der Waals surface area contributed by atoms with Gasteiger partial charge in [0.25, 0.3) is 0 Å². The van der Waals surface area contributed by atoms with Crippen molar-refractivity contribution in [3.63, 3.8) is 0 Å². The number of thiazole rings is 1. The second kappa shape index (κ2) is 3.53. The largest absolute Gasteiger partial charge is 0.392 e. The number of aliphatic hydroxyl groups is 2. The van der Waals surface area contributed by atoms with Gasteiger partial charge in [-0.2, -0.15) is 0 Å². The summed E-state index contributed by atoms with van der Waals surface area (Å²) in [7, 11) is 0. The number of benzene rings is 1. The molecule has 2 aromatic rings. The van der Waals surface area contributed by atoms with Gasteiger partial charge in [0.05, 0.1) is 23.4 Å². The lowest BCUT2D eigenvalue weighted by molar-refractivity contribution is 0.260. The van der Waals surface area contributed by atoms with Crippen LogP contribution in [0.2, 0.25) is 0 Å². The van der Waals surface area contributed by atoms with Crippen molar-refractivity contribution in [2.24, 2.45) is 0 Å². The Balaban J connectivity index is 2.68. The molecule has 0 saturated carbocycles. The maximum absolute atomic E-state index is 9.06. The van der Waals surface area contributed by atoms with E-state index in [1.165, 1.54) is 11.3 Å². The van der Waals surface area contributed by atoms with Crippen LogP contribution < -0.4 is 5.73 Å². The summed E-state index contributed by atoms with van der Waals surface area (Å²) in [5, 5.41) is 18.6. The summed E-state index contributed by atoms with van der Waals surface area (Å²) in [6, 6.07) is 3.57. The van der Waals surface area contributed by atoms with Gasteiger partial charge in [-0.05, 0) is 23.3 Å². The molecule has 0 bridgehead atoms. The predicted molar refractivity (Wildman–Crippen MR) is 55.9 cm³/mol. The lowest BCUT2D eigenvalue weighted by Gasteiger charge is -2.03. The maximum Gasteiger partial charge on any atom is 0.181 e. The van der Waals surface area contributed by atoms with E-state index >= 15 is 0 Å². The van der Waals surface area contributed by atoms with Gasteiger partial charge < -0.3 is 15.9 Å². The number of nitrogen functional groups attached to an aromatic ring is 1. The highest BCUT2D eigenvalue weighted by atomic mass is 32.1. The molecule has 4 N–H and O–H groups in total. The molecule has 74 valence electrons. The highest BCUT2D eigenvalue weighted by molar-refractivity contribution is 7.22. The fourth-order valence-corrected chi connectivity index (χ4v) is 2.15. The number of aromatic nitrogens is 1. The van der Waals surface area contributed by atoms with Crippen molar-refractivity contribution in [1.82, 2.24) is 4.98 Å². The van der Waals surface area contributed by atoms with E-state index < -0.39 is 0 Å². The first kappa shape index (κ1) is 9.39. The minimum Gasteiger partial charge on any atom is -0.392 e. The van der Waals surface area contributed by atoms with Crippen molar-refractivity contribution >= 4 is 26.7 Å². The third-order valence-corrected chi connectivity index (χ3v) is 2.91. The first-order valence-electron chi connectivity index (χ1n) is 4.14. The molecule has 0 fully saturated rings. The van der Waals surface area contributed by atoms with E-state index in [2.05, 4.69) is 4.98 Å². The SMILES string of the molecule is Nc1nc2cc(CO)c(CO)cc2s1. The number of hydrogen-bond donors (Lipinski definition) is 3. The van der Waals surface area contributed by atoms with Crippen LogP contribution in [0.5, 0.6) is 0 Å². The summed E-state index contributed by atoms with van der Waals surface area (Å²) in [6.07, 6.45) is 0. The van der Waals surface area contributed by atoms with Gasteiger partial charge in [0.1, 0.15) is 0 Å². The van der Waals surface area contributed by atoms with E-state index in [0.29, 0.717) is 10.7 Å². The summed E-state index contributed by atoms with van der Waals surface area (Å²) >= 11 is 1.37. The molecule has 0 spiro atoms. The van der Waals surface area contributed by atoms with Crippen molar-refractivity contribution in [2.75, 3.05) is 5.73 Å². The third-order valence-electron chi connectivity index (χ3n) is 2.07. The van der Waals surface area contributed by atoms with Gasteiger partial charge in [-0.25, -0.2) is 4.98 Å². The first-order valence-corrected chi connectivity index (χ1v) is 4.95. The van der Waals surface area contributed by atoms with E-state index in [4.69, 9.17) is 15.9 Å². The Labute approximate surface area is 84.6 Å². The van der Waals surface area contributed by atoms with Gasteiger partial charge in [-0.1, -0.05) is 11.3 Å². The van der Waals surface area contributed by atoms with Crippen LogP contribution in [0.15, 0.2) is 12.1 Å². The molecule has 0 atom stereocenters. The van der Waals surface area contributed by atoms with Gasteiger partial charge in [-0.3, -0.25) is 0 Å². The Morgan fingerprint density at radius 2 is 1.86 bits per heavy atom. The van der Waals surface area contributed by atoms with Crippen LogP contribution in [0.3, 0.4) is 0 Å². The Hall–Kier alpha value is -1.17. The minimum absolute atomic E-state index is 0.0797. The van der Waals surface area contributed by atoms with Crippen molar-refractivity contribution in [1.29, 1.82) is 0 Å². The topological polar surface area (TPSA) is 79.4 Å². The Morgan fingerprint density at radius 3 is 2.50 bits per heavy atom. The number of nitrogens with zero attached hydrogens (tertiary/aromatic N) is 1. The van der Waals surface area contributed by atoms with Crippen LogP contribution in [0.1, 0.15) is 11.1 Å². The van der Waals surface area contributed by atoms with Crippen molar-refractivity contribution in [3.8, 4) is 0 Å². The fourth-order valence-electron chi connectivity index (χ4n) is 1.37. The fraction of sp³-hybridized carbons (Fsp3) is 0.222. The zero-order valence-corrected chi connectivity index (χ0v) is 8.21. The summed E-state index contributed by atoms with van der Waals surface area (Å²) in [4.78, 5) is 4.10. The van der Waals surface area contributed by atoms with Crippen molar-refractivity contribution < 1.29 is 10.2 Å². The highest BCUT2D eigenvalue weighted by Crippen LogP contribution is 2.27. The van der Waals surface area contributed by atoms with Crippen molar-refractivity contribution in [2.45, 2.75) is 13.2 Å². The van der Waals surface area contributed by atoms with Gasteiger partial charge in [-0.15, -0.1) is 0 Å². The summed E-state index contributed by atoms with van der Waals surface area (Å²) in [5.74, 6) is 0. The molecule has 0 aliphatic carbocycles. The molecule has 1 aromatic heterocycles. The quantitative estimate of drug-likeness (QED) is 0.687. The molecular weight excluding hydrogens is 200 g/mol. The monoisotopic (exact) mass is 210 g/mol. The molecule has 5 heteroatoms. The molecule has 0 aliphatic rings. The van der Waals surface area contributed by atoms with Gasteiger partial charge in [0.2, 0.25) is 0 Å². The van der Waals surface area contributed by atoms with E-state index in [1.54, 1.807) is 6.07 Å². The molecule has 0 amide bonds. The number of aliphatic hydroxyl groups excluding tert-OH is 2. The molecular formula is C9H10N2O2S. The summed E-state index contributed by atoms with van der Waals surface area (Å²) in [6.45, 7) is -0.174. The second-order valence-electron chi connectivity index (χ2n) is 2.96. The number of hydrogen-bond acceptors (Lipinski definition) is 5. The molecule has 1 heterocycles. The van der Waals surface area contributed by atoms with Crippen molar-refractivity contribution in [3.05, 3.63) is 23.3 Å². The van der Waals surface area contributed by atoms with Gasteiger partial charge in [0.15, 0.2) is 5.13 Å². The second-order valence-corrected chi connectivity index (χ2v) is 4.02. The van der Waals surface area contributed by atoms with Crippen LogP contribution in [0.4, 0.5) is 5.13 Å².